The fraction of sp³-hybridized carbons (Fsp3) is 0.552. The van der Waals surface area contributed by atoms with Gasteiger partial charge in [0.2, 0.25) is 0 Å². The molecule has 2 aliphatic heterocycles. The highest BCUT2D eigenvalue weighted by Crippen LogP contribution is 2.44. The summed E-state index contributed by atoms with van der Waals surface area (Å²) in [6.07, 6.45) is 4.80. The number of carbonyl (C=O) groups excluding carboxylic acids is 1. The molecule has 0 radical (unpaired) electrons. The molecule has 2 heterocycles. The first-order valence-corrected chi connectivity index (χ1v) is 13.3. The molecule has 0 aromatic heterocycles. The molecule has 2 aromatic rings. The van der Waals surface area contributed by atoms with Crippen LogP contribution in [-0.2, 0) is 10.3 Å². The average molecular weight is 496 g/mol. The maximum Gasteiger partial charge on any atom is 0.320 e. The molecule has 3 atom stereocenters. The van der Waals surface area contributed by atoms with Gasteiger partial charge in [-0.25, -0.2) is 4.79 Å². The summed E-state index contributed by atoms with van der Waals surface area (Å²) in [7, 11) is 1.70. The fourth-order valence-electron chi connectivity index (χ4n) is 5.62. The van der Waals surface area contributed by atoms with Crippen molar-refractivity contribution in [2.75, 3.05) is 39.9 Å². The van der Waals surface area contributed by atoms with Crippen LogP contribution >= 0.6 is 0 Å². The van der Waals surface area contributed by atoms with E-state index in [9.17, 15) is 9.90 Å². The quantitative estimate of drug-likeness (QED) is 0.494. The smallest absolute Gasteiger partial charge is 0.320 e. The number of unbranched alkanes of at least 4 members (excludes halogenated alkanes) is 1. The van der Waals surface area contributed by atoms with Crippen molar-refractivity contribution in [1.29, 1.82) is 0 Å². The number of urea groups is 1. The second-order valence-electron chi connectivity index (χ2n) is 10.4. The first-order valence-electron chi connectivity index (χ1n) is 13.3. The Morgan fingerprint density at radius 3 is 2.64 bits per heavy atom. The zero-order chi connectivity index (χ0) is 25.5. The predicted octanol–water partition coefficient (Wildman–Crippen LogP) is 4.66. The van der Waals surface area contributed by atoms with Crippen molar-refractivity contribution in [2.45, 2.75) is 57.1 Å². The van der Waals surface area contributed by atoms with Crippen LogP contribution in [0, 0.1) is 12.8 Å². The van der Waals surface area contributed by atoms with E-state index in [-0.39, 0.29) is 18.0 Å². The molecule has 3 unspecified atom stereocenters. The maximum absolute atomic E-state index is 13.3. The number of nitrogens with two attached hydrogens (primary N) is 1. The van der Waals surface area contributed by atoms with Crippen LogP contribution in [0.1, 0.15) is 49.7 Å². The van der Waals surface area contributed by atoms with E-state index in [1.165, 1.54) is 0 Å². The van der Waals surface area contributed by atoms with Gasteiger partial charge < -0.3 is 30.1 Å². The number of hydrogen-bond acceptors (Lipinski definition) is 5. The Labute approximate surface area is 215 Å². The van der Waals surface area contributed by atoms with Crippen molar-refractivity contribution in [3.63, 3.8) is 0 Å². The van der Waals surface area contributed by atoms with Crippen LogP contribution < -0.4 is 10.5 Å². The first-order chi connectivity index (χ1) is 17.4. The fourth-order valence-corrected chi connectivity index (χ4v) is 5.62. The molecule has 7 nitrogen and oxygen atoms in total. The predicted molar refractivity (Wildman–Crippen MR) is 141 cm³/mol. The monoisotopic (exact) mass is 495 g/mol. The molecule has 196 valence electrons. The van der Waals surface area contributed by atoms with Gasteiger partial charge in [0.05, 0.1) is 5.60 Å². The second kappa shape index (κ2) is 12.1. The van der Waals surface area contributed by atoms with Crippen LogP contribution in [-0.4, -0.2) is 66.9 Å². The van der Waals surface area contributed by atoms with Crippen molar-refractivity contribution in [1.82, 2.24) is 9.80 Å². The molecule has 3 N–H and O–H groups in total. The van der Waals surface area contributed by atoms with Crippen molar-refractivity contribution in [3.05, 3.63) is 59.7 Å². The molecule has 0 bridgehead atoms. The minimum atomic E-state index is -1.13. The summed E-state index contributed by atoms with van der Waals surface area (Å²) in [5.41, 5.74) is 6.82. The van der Waals surface area contributed by atoms with Gasteiger partial charge in [0, 0.05) is 57.4 Å². The lowest BCUT2D eigenvalue weighted by Crippen LogP contribution is -2.51. The second-order valence-corrected chi connectivity index (χ2v) is 10.4. The molecule has 0 aliphatic carbocycles. The highest BCUT2D eigenvalue weighted by Gasteiger charge is 2.43. The molecule has 2 amide bonds. The summed E-state index contributed by atoms with van der Waals surface area (Å²) in [4.78, 5) is 17.0. The van der Waals surface area contributed by atoms with E-state index >= 15 is 0 Å². The number of rotatable bonds is 9. The van der Waals surface area contributed by atoms with Gasteiger partial charge in [0.25, 0.3) is 0 Å². The highest BCUT2D eigenvalue weighted by atomic mass is 16.5. The zero-order valence-electron chi connectivity index (χ0n) is 21.7. The first kappa shape index (κ1) is 26.5. The number of likely N-dealkylation sites (tertiary alicyclic amines) is 2. The number of piperidine rings is 1. The van der Waals surface area contributed by atoms with Crippen molar-refractivity contribution >= 4 is 6.03 Å². The summed E-state index contributed by atoms with van der Waals surface area (Å²) in [5.74, 6) is 1.30. The maximum atomic E-state index is 13.3. The molecule has 36 heavy (non-hydrogen) atoms. The standard InChI is InChI=1S/C29H41N3O4/c1-22-9-7-11-25(19-22)36-27-13-4-3-12-26(27)29(34,15-5-6-18-35-2)23-10-8-16-31(20-23)28(33)32-17-14-24(30)21-32/h3-4,7,9,11-13,19,23-24,34H,5-6,8,10,14-18,20-21,30H2,1-2H3. The number of aliphatic hydroxyl groups is 1. The van der Waals surface area contributed by atoms with Crippen LogP contribution in [0.15, 0.2) is 48.5 Å². The summed E-state index contributed by atoms with van der Waals surface area (Å²) in [5, 5.41) is 12.4. The van der Waals surface area contributed by atoms with Gasteiger partial charge in [0.15, 0.2) is 0 Å². The summed E-state index contributed by atoms with van der Waals surface area (Å²) >= 11 is 0. The summed E-state index contributed by atoms with van der Waals surface area (Å²) < 4.78 is 11.6. The minimum Gasteiger partial charge on any atom is -0.457 e. The third kappa shape index (κ3) is 6.20. The number of carbonyl (C=O) groups is 1. The van der Waals surface area contributed by atoms with E-state index in [1.807, 2.05) is 65.3 Å². The van der Waals surface area contributed by atoms with E-state index in [0.29, 0.717) is 45.0 Å². The summed E-state index contributed by atoms with van der Waals surface area (Å²) in [6, 6.07) is 15.8. The summed E-state index contributed by atoms with van der Waals surface area (Å²) in [6.45, 7) is 5.23. The molecule has 2 aromatic carbocycles. The van der Waals surface area contributed by atoms with Gasteiger partial charge >= 0.3 is 6.03 Å². The van der Waals surface area contributed by atoms with E-state index in [4.69, 9.17) is 15.2 Å². The molecular formula is C29H41N3O4. The molecule has 2 aliphatic rings. The molecule has 2 saturated heterocycles. The molecule has 4 rings (SSSR count). The van der Waals surface area contributed by atoms with E-state index < -0.39 is 5.60 Å². The lowest BCUT2D eigenvalue weighted by molar-refractivity contribution is -0.0586. The number of benzene rings is 2. The topological polar surface area (TPSA) is 88.3 Å². The normalized spacial score (nSPS) is 21.9. The molecular weight excluding hydrogens is 454 g/mol. The van der Waals surface area contributed by atoms with Gasteiger partial charge in [-0.2, -0.15) is 0 Å². The number of para-hydroxylation sites is 1. The third-order valence-corrected chi connectivity index (χ3v) is 7.59. The highest BCUT2D eigenvalue weighted by molar-refractivity contribution is 5.75. The lowest BCUT2D eigenvalue weighted by atomic mass is 9.73. The Bertz CT molecular complexity index is 1020. The van der Waals surface area contributed by atoms with Gasteiger partial charge in [-0.05, 0) is 69.2 Å². The Morgan fingerprint density at radius 1 is 1.08 bits per heavy atom. The Balaban J connectivity index is 1.60. The van der Waals surface area contributed by atoms with Crippen molar-refractivity contribution in [3.8, 4) is 11.5 Å². The van der Waals surface area contributed by atoms with E-state index in [1.54, 1.807) is 7.11 Å². The van der Waals surface area contributed by atoms with Crippen LogP contribution in [0.5, 0.6) is 11.5 Å². The third-order valence-electron chi connectivity index (χ3n) is 7.59. The van der Waals surface area contributed by atoms with Gasteiger partial charge in [-0.1, -0.05) is 30.3 Å². The number of amides is 2. The lowest BCUT2D eigenvalue weighted by Gasteiger charge is -2.44. The Morgan fingerprint density at radius 2 is 1.89 bits per heavy atom. The number of ether oxygens (including phenoxy) is 2. The SMILES string of the molecule is COCCCCC(O)(c1ccccc1Oc1cccc(C)c1)C1CCCN(C(=O)N2CCC(N)C2)C1. The Hall–Kier alpha value is -2.61. The zero-order valence-corrected chi connectivity index (χ0v) is 21.7. The largest absolute Gasteiger partial charge is 0.457 e. The van der Waals surface area contributed by atoms with Crippen LogP contribution in [0.2, 0.25) is 0 Å². The van der Waals surface area contributed by atoms with Gasteiger partial charge in [-0.15, -0.1) is 0 Å². The number of nitrogens with zero attached hydrogens (tertiary/aromatic N) is 2. The molecule has 2 fully saturated rings. The average Bonchev–Trinajstić information content (AvgIpc) is 3.32. The van der Waals surface area contributed by atoms with Gasteiger partial charge in [-0.3, -0.25) is 0 Å². The van der Waals surface area contributed by atoms with Crippen LogP contribution in [0.3, 0.4) is 0 Å². The number of hydrogen-bond donors (Lipinski definition) is 2. The van der Waals surface area contributed by atoms with Gasteiger partial charge in [0.1, 0.15) is 11.5 Å². The van der Waals surface area contributed by atoms with Crippen molar-refractivity contribution in [2.24, 2.45) is 11.7 Å². The number of aryl methyl sites for hydroxylation is 1. The van der Waals surface area contributed by atoms with Crippen LogP contribution in [0.25, 0.3) is 0 Å². The molecule has 0 spiro atoms. The molecule has 0 saturated carbocycles. The van der Waals surface area contributed by atoms with Crippen LogP contribution in [0.4, 0.5) is 4.79 Å². The van der Waals surface area contributed by atoms with Crippen molar-refractivity contribution < 1.29 is 19.4 Å². The molecule has 7 heteroatoms. The van der Waals surface area contributed by atoms with E-state index in [2.05, 4.69) is 0 Å². The minimum absolute atomic E-state index is 0.0404. The Kier molecular flexibility index (Phi) is 8.88. The van der Waals surface area contributed by atoms with E-state index in [0.717, 1.165) is 49.0 Å². The number of methoxy groups -OCH3 is 1.